The number of rotatable bonds is 6. The van der Waals surface area contributed by atoms with Crippen LogP contribution in [0, 0.1) is 13.8 Å². The Labute approximate surface area is 133 Å². The summed E-state index contributed by atoms with van der Waals surface area (Å²) in [5.74, 6) is 1.43. The highest BCUT2D eigenvalue weighted by Gasteiger charge is 2.04. The van der Waals surface area contributed by atoms with Crippen LogP contribution < -0.4 is 9.47 Å². The molecule has 0 radical (unpaired) electrons. The van der Waals surface area contributed by atoms with E-state index in [0.29, 0.717) is 24.5 Å². The summed E-state index contributed by atoms with van der Waals surface area (Å²) in [6.07, 6.45) is 0.783. The highest BCUT2D eigenvalue weighted by atomic mass is 79.9. The van der Waals surface area contributed by atoms with Gasteiger partial charge < -0.3 is 9.47 Å². The van der Waals surface area contributed by atoms with Gasteiger partial charge in [0.25, 0.3) is 0 Å². The molecule has 0 saturated heterocycles. The maximum atomic E-state index is 11.0. The molecule has 2 rings (SSSR count). The Morgan fingerprint density at radius 2 is 1.71 bits per heavy atom. The van der Waals surface area contributed by atoms with Crippen molar-refractivity contribution in [1.29, 1.82) is 0 Å². The normalized spacial score (nSPS) is 10.2. The van der Waals surface area contributed by atoms with Gasteiger partial charge in [-0.2, -0.15) is 0 Å². The Bertz CT molecular complexity index is 638. The average molecular weight is 349 g/mol. The molecule has 0 unspecified atom stereocenters. The van der Waals surface area contributed by atoms with E-state index in [-0.39, 0.29) is 0 Å². The molecule has 0 aliphatic carbocycles. The van der Waals surface area contributed by atoms with Gasteiger partial charge in [0.1, 0.15) is 24.7 Å². The standard InChI is InChI=1S/C17H17BrO3/c1-12-3-4-13(2)17(9-12)21-8-7-20-16-6-5-15(18)10-14(16)11-19/h3-6,9-11H,7-8H2,1-2H3. The predicted molar refractivity (Wildman–Crippen MR) is 86.4 cm³/mol. The van der Waals surface area contributed by atoms with Crippen LogP contribution in [-0.2, 0) is 0 Å². The molecule has 0 N–H and O–H groups in total. The van der Waals surface area contributed by atoms with Crippen molar-refractivity contribution < 1.29 is 14.3 Å². The topological polar surface area (TPSA) is 35.5 Å². The minimum atomic E-state index is 0.385. The largest absolute Gasteiger partial charge is 0.490 e. The van der Waals surface area contributed by atoms with Crippen molar-refractivity contribution in [2.24, 2.45) is 0 Å². The Balaban J connectivity index is 1.90. The van der Waals surface area contributed by atoms with Gasteiger partial charge in [0.15, 0.2) is 6.29 Å². The zero-order valence-corrected chi connectivity index (χ0v) is 13.6. The summed E-state index contributed by atoms with van der Waals surface area (Å²) in [6.45, 7) is 4.85. The fourth-order valence-corrected chi connectivity index (χ4v) is 2.29. The molecule has 0 saturated carbocycles. The van der Waals surface area contributed by atoms with E-state index in [0.717, 1.165) is 27.6 Å². The third-order valence-corrected chi connectivity index (χ3v) is 3.53. The molecule has 2 aromatic rings. The van der Waals surface area contributed by atoms with Gasteiger partial charge in [0.05, 0.1) is 5.56 Å². The van der Waals surface area contributed by atoms with Crippen molar-refractivity contribution in [2.75, 3.05) is 13.2 Å². The molecule has 2 aromatic carbocycles. The van der Waals surface area contributed by atoms with E-state index in [4.69, 9.17) is 9.47 Å². The maximum Gasteiger partial charge on any atom is 0.153 e. The molecule has 0 aliphatic heterocycles. The first-order chi connectivity index (χ1) is 10.1. The van der Waals surface area contributed by atoms with Crippen LogP contribution in [0.3, 0.4) is 0 Å². The lowest BCUT2D eigenvalue weighted by Gasteiger charge is -2.12. The molecule has 0 heterocycles. The van der Waals surface area contributed by atoms with E-state index in [1.807, 2.05) is 32.0 Å². The molecule has 21 heavy (non-hydrogen) atoms. The van der Waals surface area contributed by atoms with Crippen molar-refractivity contribution >= 4 is 22.2 Å². The average Bonchev–Trinajstić information content (AvgIpc) is 2.48. The number of carbonyl (C=O) groups excluding carboxylic acids is 1. The van der Waals surface area contributed by atoms with Gasteiger partial charge in [0, 0.05) is 4.47 Å². The van der Waals surface area contributed by atoms with E-state index in [2.05, 4.69) is 22.0 Å². The molecule has 3 nitrogen and oxygen atoms in total. The van der Waals surface area contributed by atoms with Gasteiger partial charge in [-0.3, -0.25) is 4.79 Å². The molecule has 0 fully saturated rings. The summed E-state index contributed by atoms with van der Waals surface area (Å²) in [5, 5.41) is 0. The van der Waals surface area contributed by atoms with Crippen LogP contribution in [0.2, 0.25) is 0 Å². The minimum Gasteiger partial charge on any atom is -0.490 e. The second-order valence-electron chi connectivity index (χ2n) is 4.77. The number of hydrogen-bond donors (Lipinski definition) is 0. The van der Waals surface area contributed by atoms with Crippen LogP contribution >= 0.6 is 15.9 Å². The van der Waals surface area contributed by atoms with Crippen molar-refractivity contribution in [3.05, 3.63) is 57.6 Å². The third kappa shape index (κ3) is 4.33. The van der Waals surface area contributed by atoms with Crippen LogP contribution in [0.1, 0.15) is 21.5 Å². The summed E-state index contributed by atoms with van der Waals surface area (Å²) in [7, 11) is 0. The summed E-state index contributed by atoms with van der Waals surface area (Å²) in [4.78, 5) is 11.0. The predicted octanol–water partition coefficient (Wildman–Crippen LogP) is 4.34. The van der Waals surface area contributed by atoms with E-state index in [1.54, 1.807) is 12.1 Å². The number of benzene rings is 2. The Kier molecular flexibility index (Phi) is 5.39. The highest BCUT2D eigenvalue weighted by molar-refractivity contribution is 9.10. The molecule has 4 heteroatoms. The molecule has 0 amide bonds. The minimum absolute atomic E-state index is 0.385. The van der Waals surface area contributed by atoms with Gasteiger partial charge in [0.2, 0.25) is 0 Å². The van der Waals surface area contributed by atoms with Crippen LogP contribution in [0.4, 0.5) is 0 Å². The quantitative estimate of drug-likeness (QED) is 0.575. The molecule has 0 atom stereocenters. The molecule has 0 aliphatic rings. The monoisotopic (exact) mass is 348 g/mol. The maximum absolute atomic E-state index is 11.0. The zero-order valence-electron chi connectivity index (χ0n) is 12.1. The second-order valence-corrected chi connectivity index (χ2v) is 5.68. The summed E-state index contributed by atoms with van der Waals surface area (Å²) >= 11 is 3.33. The Morgan fingerprint density at radius 1 is 1.00 bits per heavy atom. The molecular weight excluding hydrogens is 332 g/mol. The summed E-state index contributed by atoms with van der Waals surface area (Å²) in [6, 6.07) is 11.4. The molecule has 0 bridgehead atoms. The van der Waals surface area contributed by atoms with E-state index < -0.39 is 0 Å². The van der Waals surface area contributed by atoms with Gasteiger partial charge in [-0.1, -0.05) is 28.1 Å². The van der Waals surface area contributed by atoms with Crippen LogP contribution in [0.25, 0.3) is 0 Å². The molecule has 110 valence electrons. The van der Waals surface area contributed by atoms with Crippen molar-refractivity contribution in [2.45, 2.75) is 13.8 Å². The first-order valence-corrected chi connectivity index (χ1v) is 7.47. The number of aldehydes is 1. The van der Waals surface area contributed by atoms with Gasteiger partial charge in [-0.25, -0.2) is 0 Å². The third-order valence-electron chi connectivity index (χ3n) is 3.04. The van der Waals surface area contributed by atoms with Crippen LogP contribution in [0.15, 0.2) is 40.9 Å². The molecular formula is C17H17BrO3. The Hall–Kier alpha value is -1.81. The molecule has 0 aromatic heterocycles. The highest BCUT2D eigenvalue weighted by Crippen LogP contribution is 2.22. The smallest absolute Gasteiger partial charge is 0.153 e. The SMILES string of the molecule is Cc1ccc(C)c(OCCOc2ccc(Br)cc2C=O)c1. The fraction of sp³-hybridized carbons (Fsp3) is 0.235. The van der Waals surface area contributed by atoms with E-state index in [1.165, 1.54) is 0 Å². The number of ether oxygens (including phenoxy) is 2. The van der Waals surface area contributed by atoms with Crippen molar-refractivity contribution in [1.82, 2.24) is 0 Å². The van der Waals surface area contributed by atoms with Gasteiger partial charge in [-0.05, 0) is 49.2 Å². The zero-order chi connectivity index (χ0) is 15.2. The second kappa shape index (κ2) is 7.27. The number of halogens is 1. The number of aryl methyl sites for hydroxylation is 2. The first-order valence-electron chi connectivity index (χ1n) is 6.68. The lowest BCUT2D eigenvalue weighted by Crippen LogP contribution is -2.10. The van der Waals surface area contributed by atoms with Crippen molar-refractivity contribution in [3.8, 4) is 11.5 Å². The first kappa shape index (κ1) is 15.6. The van der Waals surface area contributed by atoms with Crippen LogP contribution in [-0.4, -0.2) is 19.5 Å². The van der Waals surface area contributed by atoms with Gasteiger partial charge >= 0.3 is 0 Å². The fourth-order valence-electron chi connectivity index (χ4n) is 1.91. The Morgan fingerprint density at radius 3 is 2.43 bits per heavy atom. The van der Waals surface area contributed by atoms with Crippen molar-refractivity contribution in [3.63, 3.8) is 0 Å². The summed E-state index contributed by atoms with van der Waals surface area (Å²) in [5.41, 5.74) is 2.78. The summed E-state index contributed by atoms with van der Waals surface area (Å²) < 4.78 is 12.2. The number of carbonyl (C=O) groups is 1. The number of hydrogen-bond acceptors (Lipinski definition) is 3. The lowest BCUT2D eigenvalue weighted by atomic mass is 10.1. The molecule has 0 spiro atoms. The van der Waals surface area contributed by atoms with E-state index in [9.17, 15) is 4.79 Å². The van der Waals surface area contributed by atoms with Crippen LogP contribution in [0.5, 0.6) is 11.5 Å². The lowest BCUT2D eigenvalue weighted by molar-refractivity contribution is 0.111. The van der Waals surface area contributed by atoms with E-state index >= 15 is 0 Å². The van der Waals surface area contributed by atoms with Gasteiger partial charge in [-0.15, -0.1) is 0 Å².